The Labute approximate surface area is 169 Å². The van der Waals surface area contributed by atoms with E-state index in [4.69, 9.17) is 9.47 Å². The highest BCUT2D eigenvalue weighted by atomic mass is 16.6. The molecule has 29 heavy (non-hydrogen) atoms. The van der Waals surface area contributed by atoms with E-state index in [1.807, 2.05) is 24.3 Å². The normalized spacial score (nSPS) is 11.3. The van der Waals surface area contributed by atoms with Crippen molar-refractivity contribution in [1.82, 2.24) is 5.43 Å². The summed E-state index contributed by atoms with van der Waals surface area (Å²) in [5, 5.41) is 14.7. The first kappa shape index (κ1) is 21.9. The number of hydrazone groups is 1. The number of nitrogens with one attached hydrogen (secondary N) is 1. The van der Waals surface area contributed by atoms with Gasteiger partial charge in [0.1, 0.15) is 24.7 Å². The Kier molecular flexibility index (Phi) is 7.30. The van der Waals surface area contributed by atoms with Crippen LogP contribution < -0.4 is 14.9 Å². The number of benzene rings is 2. The smallest absolute Gasteiger partial charge is 0.270 e. The number of hydrogen-bond donors (Lipinski definition) is 1. The van der Waals surface area contributed by atoms with Crippen molar-refractivity contribution in [1.29, 1.82) is 0 Å². The molecule has 0 aliphatic carbocycles. The predicted molar refractivity (Wildman–Crippen MR) is 111 cm³/mol. The first-order valence-corrected chi connectivity index (χ1v) is 9.11. The highest BCUT2D eigenvalue weighted by Crippen LogP contribution is 2.25. The van der Waals surface area contributed by atoms with Crippen molar-refractivity contribution in [3.8, 4) is 11.5 Å². The van der Waals surface area contributed by atoms with Gasteiger partial charge in [0.2, 0.25) is 5.91 Å². The number of carbonyl (C=O) groups is 1. The van der Waals surface area contributed by atoms with Crippen molar-refractivity contribution in [2.45, 2.75) is 33.1 Å². The van der Waals surface area contributed by atoms with Gasteiger partial charge in [0.05, 0.1) is 11.1 Å². The molecule has 0 aromatic heterocycles. The Morgan fingerprint density at radius 1 is 1.14 bits per heavy atom. The summed E-state index contributed by atoms with van der Waals surface area (Å²) in [5.74, 6) is 0.786. The molecular weight excluding hydrogens is 374 g/mol. The van der Waals surface area contributed by atoms with Crippen molar-refractivity contribution < 1.29 is 19.2 Å². The zero-order chi connectivity index (χ0) is 21.4. The van der Waals surface area contributed by atoms with Crippen LogP contribution >= 0.6 is 0 Å². The van der Waals surface area contributed by atoms with Gasteiger partial charge in [0.15, 0.2) is 0 Å². The van der Waals surface area contributed by atoms with Crippen molar-refractivity contribution in [3.05, 3.63) is 63.7 Å². The maximum Gasteiger partial charge on any atom is 0.270 e. The Morgan fingerprint density at radius 3 is 2.38 bits per heavy atom. The van der Waals surface area contributed by atoms with Gasteiger partial charge in [-0.15, -0.1) is 0 Å². The van der Waals surface area contributed by atoms with Gasteiger partial charge in [0, 0.05) is 24.6 Å². The van der Waals surface area contributed by atoms with E-state index in [1.165, 1.54) is 36.9 Å². The zero-order valence-electron chi connectivity index (χ0n) is 17.0. The summed E-state index contributed by atoms with van der Waals surface area (Å²) >= 11 is 0. The van der Waals surface area contributed by atoms with Crippen molar-refractivity contribution >= 4 is 17.8 Å². The van der Waals surface area contributed by atoms with Gasteiger partial charge in [-0.2, -0.15) is 5.10 Å². The molecule has 1 amide bonds. The summed E-state index contributed by atoms with van der Waals surface area (Å²) in [6, 6.07) is 12.1. The molecule has 0 aliphatic rings. The second-order valence-electron chi connectivity index (χ2n) is 7.38. The molecule has 0 heterocycles. The lowest BCUT2D eigenvalue weighted by Gasteiger charge is -2.19. The molecule has 8 heteroatoms. The summed E-state index contributed by atoms with van der Waals surface area (Å²) < 4.78 is 11.4. The second-order valence-corrected chi connectivity index (χ2v) is 7.38. The Balaban J connectivity index is 1.97. The van der Waals surface area contributed by atoms with E-state index in [9.17, 15) is 14.9 Å². The fourth-order valence-electron chi connectivity index (χ4n) is 2.44. The van der Waals surface area contributed by atoms with E-state index < -0.39 is 4.92 Å². The Bertz CT molecular complexity index is 886. The number of ether oxygens (including phenoxy) is 2. The molecule has 2 rings (SSSR count). The molecule has 0 spiro atoms. The van der Waals surface area contributed by atoms with Crippen LogP contribution in [0, 0.1) is 10.1 Å². The van der Waals surface area contributed by atoms with Crippen LogP contribution in [-0.2, 0) is 10.2 Å². The first-order chi connectivity index (χ1) is 13.7. The van der Waals surface area contributed by atoms with Crippen molar-refractivity contribution in [3.63, 3.8) is 0 Å². The highest BCUT2D eigenvalue weighted by Gasteiger charge is 2.13. The molecule has 0 atom stereocenters. The summed E-state index contributed by atoms with van der Waals surface area (Å²) in [4.78, 5) is 21.4. The van der Waals surface area contributed by atoms with Crippen LogP contribution in [0.2, 0.25) is 0 Å². The van der Waals surface area contributed by atoms with E-state index in [1.54, 1.807) is 0 Å². The van der Waals surface area contributed by atoms with Crippen LogP contribution in [0.15, 0.2) is 47.6 Å². The highest BCUT2D eigenvalue weighted by molar-refractivity contribution is 5.85. The summed E-state index contributed by atoms with van der Waals surface area (Å²) in [6.07, 6.45) is 1.30. The van der Waals surface area contributed by atoms with Gasteiger partial charge in [-0.3, -0.25) is 14.9 Å². The molecule has 0 saturated carbocycles. The maximum atomic E-state index is 11.0. The van der Waals surface area contributed by atoms with Crippen molar-refractivity contribution in [2.24, 2.45) is 5.10 Å². The van der Waals surface area contributed by atoms with E-state index in [-0.39, 0.29) is 23.6 Å². The van der Waals surface area contributed by atoms with E-state index in [0.717, 1.165) is 5.75 Å². The van der Waals surface area contributed by atoms with Gasteiger partial charge >= 0.3 is 0 Å². The van der Waals surface area contributed by atoms with E-state index in [2.05, 4.69) is 31.3 Å². The third kappa shape index (κ3) is 6.91. The predicted octanol–water partition coefficient (Wildman–Crippen LogP) is 3.82. The molecule has 2 aromatic carbocycles. The molecule has 0 radical (unpaired) electrons. The average Bonchev–Trinajstić information content (AvgIpc) is 2.65. The molecule has 0 aliphatic heterocycles. The maximum absolute atomic E-state index is 11.0. The largest absolute Gasteiger partial charge is 0.490 e. The molecule has 1 N–H and O–H groups in total. The average molecular weight is 399 g/mol. The van der Waals surface area contributed by atoms with Gasteiger partial charge in [-0.05, 0) is 29.2 Å². The monoisotopic (exact) mass is 399 g/mol. The topological polar surface area (TPSA) is 103 Å². The minimum absolute atomic E-state index is 0.0762. The third-order valence-corrected chi connectivity index (χ3v) is 3.96. The Hall–Kier alpha value is -3.42. The number of amides is 1. The summed E-state index contributed by atoms with van der Waals surface area (Å²) in [6.45, 7) is 8.29. The zero-order valence-corrected chi connectivity index (χ0v) is 17.0. The minimum Gasteiger partial charge on any atom is -0.490 e. The number of nitrogens with zero attached hydrogens (tertiary/aromatic N) is 2. The lowest BCUT2D eigenvalue weighted by molar-refractivity contribution is -0.384. The van der Waals surface area contributed by atoms with E-state index in [0.29, 0.717) is 17.9 Å². The molecule has 154 valence electrons. The Morgan fingerprint density at radius 2 is 1.79 bits per heavy atom. The standard InChI is InChI=1S/C21H25N3O5/c1-15(25)23-22-14-16-13-18(24(26)27)7-10-20(16)29-12-11-28-19-8-5-17(6-9-19)21(2,3)4/h5-10,13-14H,11-12H2,1-4H3,(H,23,25). The van der Waals surface area contributed by atoms with Gasteiger partial charge in [0.25, 0.3) is 5.69 Å². The second kappa shape index (κ2) is 9.68. The molecule has 2 aromatic rings. The summed E-state index contributed by atoms with van der Waals surface area (Å²) in [7, 11) is 0. The van der Waals surface area contributed by atoms with Gasteiger partial charge in [-0.1, -0.05) is 32.9 Å². The number of rotatable bonds is 8. The van der Waals surface area contributed by atoms with Crippen LogP contribution in [-0.4, -0.2) is 30.3 Å². The van der Waals surface area contributed by atoms with Gasteiger partial charge in [-0.25, -0.2) is 5.43 Å². The molecule has 0 saturated heterocycles. The van der Waals surface area contributed by atoms with Crippen LogP contribution in [0.25, 0.3) is 0 Å². The lowest BCUT2D eigenvalue weighted by Crippen LogP contribution is -2.13. The molecule has 0 bridgehead atoms. The minimum atomic E-state index is -0.510. The fraction of sp³-hybridized carbons (Fsp3) is 0.333. The first-order valence-electron chi connectivity index (χ1n) is 9.11. The number of non-ortho nitro benzene ring substituents is 1. The van der Waals surface area contributed by atoms with E-state index >= 15 is 0 Å². The lowest BCUT2D eigenvalue weighted by atomic mass is 9.87. The van der Waals surface area contributed by atoms with Crippen LogP contribution in [0.3, 0.4) is 0 Å². The SMILES string of the molecule is CC(=O)NN=Cc1cc([N+](=O)[O-])ccc1OCCOc1ccc(C(C)(C)C)cc1. The molecule has 0 unspecified atom stereocenters. The molecule has 8 nitrogen and oxygen atoms in total. The van der Waals surface area contributed by atoms with Crippen LogP contribution in [0.5, 0.6) is 11.5 Å². The van der Waals surface area contributed by atoms with Gasteiger partial charge < -0.3 is 9.47 Å². The molecular formula is C21H25N3O5. The van der Waals surface area contributed by atoms with Crippen LogP contribution in [0.1, 0.15) is 38.8 Å². The third-order valence-electron chi connectivity index (χ3n) is 3.96. The number of hydrogen-bond acceptors (Lipinski definition) is 6. The number of nitro benzene ring substituents is 1. The summed E-state index contributed by atoms with van der Waals surface area (Å²) in [5.41, 5.74) is 3.83. The molecule has 0 fully saturated rings. The van der Waals surface area contributed by atoms with Crippen molar-refractivity contribution in [2.75, 3.05) is 13.2 Å². The van der Waals surface area contributed by atoms with Crippen LogP contribution in [0.4, 0.5) is 5.69 Å². The fourth-order valence-corrected chi connectivity index (χ4v) is 2.44. The number of nitro groups is 1. The quantitative estimate of drug-likeness (QED) is 0.315. The number of carbonyl (C=O) groups excluding carboxylic acids is 1.